The number of carbonyl (C=O) groups is 3. The van der Waals surface area contributed by atoms with Gasteiger partial charge in [0.1, 0.15) is 17.3 Å². The lowest BCUT2D eigenvalue weighted by atomic mass is 10.0. The smallest absolute Gasteiger partial charge is 0.343 e. The van der Waals surface area contributed by atoms with Crippen LogP contribution < -0.4 is 9.47 Å². The quantitative estimate of drug-likeness (QED) is 0.0572. The second-order valence-electron chi connectivity index (χ2n) is 12.3. The summed E-state index contributed by atoms with van der Waals surface area (Å²) < 4.78 is 16.8. The monoisotopic (exact) mass is 648 g/mol. The summed E-state index contributed by atoms with van der Waals surface area (Å²) in [6.07, 6.45) is 8.89. The summed E-state index contributed by atoms with van der Waals surface area (Å²) in [6, 6.07) is 29.9. The van der Waals surface area contributed by atoms with E-state index in [2.05, 4.69) is 6.92 Å². The molecule has 0 saturated heterocycles. The predicted octanol–water partition coefficient (Wildman–Crippen LogP) is 9.55. The van der Waals surface area contributed by atoms with Crippen LogP contribution >= 0.6 is 0 Å². The molecule has 4 aromatic carbocycles. The molecule has 4 rings (SSSR count). The van der Waals surface area contributed by atoms with Crippen molar-refractivity contribution in [2.45, 2.75) is 91.1 Å². The van der Waals surface area contributed by atoms with Crippen molar-refractivity contribution in [1.82, 2.24) is 0 Å². The van der Waals surface area contributed by atoms with Gasteiger partial charge in [0, 0.05) is 12.8 Å². The highest BCUT2D eigenvalue weighted by Gasteiger charge is 2.12. The number of esters is 2. The van der Waals surface area contributed by atoms with Gasteiger partial charge in [-0.1, -0.05) is 107 Å². The molecule has 6 heteroatoms. The van der Waals surface area contributed by atoms with Crippen LogP contribution in [0.15, 0.2) is 97.1 Å². The number of hydrogen-bond acceptors (Lipinski definition) is 6. The molecule has 0 amide bonds. The normalized spacial score (nSPS) is 11.5. The summed E-state index contributed by atoms with van der Waals surface area (Å²) in [5, 5.41) is 0. The molecule has 0 fully saturated rings. The first-order valence-electron chi connectivity index (χ1n) is 17.3. The van der Waals surface area contributed by atoms with Crippen molar-refractivity contribution in [3.8, 4) is 22.6 Å². The molecule has 252 valence electrons. The molecule has 0 bridgehead atoms. The summed E-state index contributed by atoms with van der Waals surface area (Å²) in [5.74, 6) is 0.659. The number of ether oxygens (including phenoxy) is 3. The summed E-state index contributed by atoms with van der Waals surface area (Å²) in [4.78, 5) is 37.5. The highest BCUT2D eigenvalue weighted by molar-refractivity contribution is 5.91. The van der Waals surface area contributed by atoms with Gasteiger partial charge in [-0.05, 0) is 84.0 Å². The minimum absolute atomic E-state index is 0.0686. The SMILES string of the molecule is CCCCCCCCOc1ccc(-c2ccc(C(=O)Oc3ccc(CC(=O)Cc4ccc(CC(=O)OC(C)CC)cc4)cc3)cc2)cc1. The molecule has 0 aliphatic carbocycles. The van der Waals surface area contributed by atoms with Crippen molar-refractivity contribution in [2.24, 2.45) is 0 Å². The molecule has 0 N–H and O–H groups in total. The molecule has 48 heavy (non-hydrogen) atoms. The zero-order valence-electron chi connectivity index (χ0n) is 28.5. The van der Waals surface area contributed by atoms with Crippen molar-refractivity contribution in [3.63, 3.8) is 0 Å². The third-order valence-corrected chi connectivity index (χ3v) is 8.29. The van der Waals surface area contributed by atoms with E-state index in [0.29, 0.717) is 17.7 Å². The lowest BCUT2D eigenvalue weighted by molar-refractivity contribution is -0.147. The zero-order valence-corrected chi connectivity index (χ0v) is 28.5. The number of rotatable bonds is 19. The molecule has 0 spiro atoms. The van der Waals surface area contributed by atoms with Crippen LogP contribution in [-0.4, -0.2) is 30.4 Å². The highest BCUT2D eigenvalue weighted by atomic mass is 16.5. The Hall–Kier alpha value is -4.71. The fourth-order valence-corrected chi connectivity index (χ4v) is 5.26. The van der Waals surface area contributed by atoms with E-state index >= 15 is 0 Å². The van der Waals surface area contributed by atoms with Crippen LogP contribution in [0.2, 0.25) is 0 Å². The van der Waals surface area contributed by atoms with Crippen LogP contribution in [0.3, 0.4) is 0 Å². The summed E-state index contributed by atoms with van der Waals surface area (Å²) >= 11 is 0. The maximum Gasteiger partial charge on any atom is 0.343 e. The average Bonchev–Trinajstić information content (AvgIpc) is 3.10. The van der Waals surface area contributed by atoms with E-state index in [4.69, 9.17) is 14.2 Å². The van der Waals surface area contributed by atoms with Crippen LogP contribution in [0.1, 0.15) is 92.8 Å². The molecule has 0 heterocycles. The van der Waals surface area contributed by atoms with Gasteiger partial charge in [-0.25, -0.2) is 4.79 Å². The van der Waals surface area contributed by atoms with Gasteiger partial charge in [0.05, 0.1) is 24.7 Å². The molecule has 0 aliphatic heterocycles. The molecule has 1 unspecified atom stereocenters. The van der Waals surface area contributed by atoms with Gasteiger partial charge in [-0.15, -0.1) is 0 Å². The first-order valence-corrected chi connectivity index (χ1v) is 17.3. The molecule has 4 aromatic rings. The predicted molar refractivity (Wildman–Crippen MR) is 191 cm³/mol. The van der Waals surface area contributed by atoms with Gasteiger partial charge >= 0.3 is 11.9 Å². The average molecular weight is 649 g/mol. The fraction of sp³-hybridized carbons (Fsp3) is 0.357. The Morgan fingerprint density at radius 1 is 0.583 bits per heavy atom. The van der Waals surface area contributed by atoms with Gasteiger partial charge in [-0.2, -0.15) is 0 Å². The van der Waals surface area contributed by atoms with E-state index in [1.165, 1.54) is 32.1 Å². The van der Waals surface area contributed by atoms with Crippen molar-refractivity contribution >= 4 is 17.7 Å². The largest absolute Gasteiger partial charge is 0.494 e. The third-order valence-electron chi connectivity index (χ3n) is 8.29. The minimum atomic E-state index is -0.444. The topological polar surface area (TPSA) is 78.9 Å². The van der Waals surface area contributed by atoms with Gasteiger partial charge in [-0.3, -0.25) is 9.59 Å². The molecule has 0 radical (unpaired) electrons. The summed E-state index contributed by atoms with van der Waals surface area (Å²) in [6.45, 7) is 6.82. The number of hydrogen-bond donors (Lipinski definition) is 0. The summed E-state index contributed by atoms with van der Waals surface area (Å²) in [5.41, 5.74) is 5.09. The Morgan fingerprint density at radius 2 is 1.08 bits per heavy atom. The number of unbranched alkanes of at least 4 members (excludes halogenated alkanes) is 5. The van der Waals surface area contributed by atoms with Crippen LogP contribution in [0, 0.1) is 0 Å². The van der Waals surface area contributed by atoms with E-state index in [1.54, 1.807) is 36.4 Å². The lowest BCUT2D eigenvalue weighted by Crippen LogP contribution is -2.15. The molecule has 0 saturated carbocycles. The Balaban J connectivity index is 1.20. The highest BCUT2D eigenvalue weighted by Crippen LogP contribution is 2.24. The van der Waals surface area contributed by atoms with Gasteiger partial charge < -0.3 is 14.2 Å². The van der Waals surface area contributed by atoms with Crippen molar-refractivity contribution in [1.29, 1.82) is 0 Å². The molecule has 0 aromatic heterocycles. The molecular weight excluding hydrogens is 600 g/mol. The first-order chi connectivity index (χ1) is 23.3. The molecule has 1 atom stereocenters. The van der Waals surface area contributed by atoms with Crippen LogP contribution in [-0.2, 0) is 33.6 Å². The standard InChI is InChI=1S/C42H48O6/c1-4-6-7-8-9-10-27-46-39-25-21-36(22-26-39)35-17-19-37(20-18-35)42(45)48-40-23-15-33(16-24-40)29-38(43)28-32-11-13-34(14-12-32)30-41(44)47-31(3)5-2/h11-26,31H,4-10,27-30H2,1-3H3. The minimum Gasteiger partial charge on any atom is -0.494 e. The van der Waals surface area contributed by atoms with E-state index in [-0.39, 0.29) is 30.7 Å². The van der Waals surface area contributed by atoms with Crippen molar-refractivity contribution < 1.29 is 28.6 Å². The number of ketones is 1. The number of Topliss-reactive ketones (excluding diaryl/α,β-unsaturated/α-hetero) is 1. The maximum absolute atomic E-state index is 12.8. The molecule has 6 nitrogen and oxygen atoms in total. The second kappa shape index (κ2) is 19.2. The molecular formula is C42H48O6. The number of benzene rings is 4. The van der Waals surface area contributed by atoms with E-state index in [9.17, 15) is 14.4 Å². The van der Waals surface area contributed by atoms with Crippen LogP contribution in [0.4, 0.5) is 0 Å². The van der Waals surface area contributed by atoms with Gasteiger partial charge in [0.2, 0.25) is 0 Å². The van der Waals surface area contributed by atoms with E-state index in [0.717, 1.165) is 53.0 Å². The van der Waals surface area contributed by atoms with E-state index in [1.807, 2.05) is 74.5 Å². The lowest BCUT2D eigenvalue weighted by Gasteiger charge is -2.11. The maximum atomic E-state index is 12.8. The van der Waals surface area contributed by atoms with Crippen LogP contribution in [0.5, 0.6) is 11.5 Å². The number of carbonyl (C=O) groups excluding carboxylic acids is 3. The Labute approximate surface area is 285 Å². The Bertz CT molecular complexity index is 1570. The summed E-state index contributed by atoms with van der Waals surface area (Å²) in [7, 11) is 0. The second-order valence-corrected chi connectivity index (χ2v) is 12.3. The van der Waals surface area contributed by atoms with Gasteiger partial charge in [0.15, 0.2) is 0 Å². The van der Waals surface area contributed by atoms with Crippen molar-refractivity contribution in [3.05, 3.63) is 119 Å². The third kappa shape index (κ3) is 12.1. The molecule has 0 aliphatic rings. The Morgan fingerprint density at radius 3 is 1.67 bits per heavy atom. The van der Waals surface area contributed by atoms with Gasteiger partial charge in [0.25, 0.3) is 0 Å². The van der Waals surface area contributed by atoms with Crippen molar-refractivity contribution in [2.75, 3.05) is 6.61 Å². The fourth-order valence-electron chi connectivity index (χ4n) is 5.26. The van der Waals surface area contributed by atoms with Crippen LogP contribution in [0.25, 0.3) is 11.1 Å². The first kappa shape index (κ1) is 36.1. The van der Waals surface area contributed by atoms with E-state index < -0.39 is 5.97 Å². The zero-order chi connectivity index (χ0) is 34.1. The Kier molecular flexibility index (Phi) is 14.4.